The minimum Gasteiger partial charge on any atom is -0.342 e. The van der Waals surface area contributed by atoms with Gasteiger partial charge in [0.1, 0.15) is 16.3 Å². The van der Waals surface area contributed by atoms with Gasteiger partial charge in [-0.15, -0.1) is 0 Å². The molecule has 0 aliphatic carbocycles. The second-order valence-corrected chi connectivity index (χ2v) is 6.84. The minimum absolute atomic E-state index is 0.301. The Labute approximate surface area is 130 Å². The Kier molecular flexibility index (Phi) is 5.83. The van der Waals surface area contributed by atoms with Gasteiger partial charge in [0, 0.05) is 18.1 Å². The molecular formula is C12H15BrF2N2O3S. The molecule has 0 atom stereocenters. The fourth-order valence-electron chi connectivity index (χ4n) is 1.72. The normalized spacial score (nSPS) is 11.5. The molecule has 0 aliphatic rings. The van der Waals surface area contributed by atoms with Crippen molar-refractivity contribution in [2.45, 2.75) is 24.7 Å². The molecular weight excluding hydrogens is 370 g/mol. The first kappa shape index (κ1) is 18.0. The molecule has 0 aromatic heterocycles. The number of sulfonamides is 1. The van der Waals surface area contributed by atoms with Crippen molar-refractivity contribution in [1.82, 2.24) is 4.90 Å². The number of halogens is 3. The van der Waals surface area contributed by atoms with Crippen LogP contribution >= 0.6 is 15.9 Å². The van der Waals surface area contributed by atoms with E-state index in [9.17, 15) is 22.0 Å². The van der Waals surface area contributed by atoms with E-state index in [1.165, 1.54) is 7.05 Å². The molecule has 0 radical (unpaired) electrons. The zero-order valence-electron chi connectivity index (χ0n) is 11.5. The van der Waals surface area contributed by atoms with Crippen molar-refractivity contribution >= 4 is 31.9 Å². The molecule has 0 spiro atoms. The quantitative estimate of drug-likeness (QED) is 0.844. The molecule has 0 heterocycles. The van der Waals surface area contributed by atoms with E-state index >= 15 is 0 Å². The smallest absolute Gasteiger partial charge is 0.259 e. The van der Waals surface area contributed by atoms with Crippen LogP contribution in [0.5, 0.6) is 0 Å². The monoisotopic (exact) mass is 384 g/mol. The van der Waals surface area contributed by atoms with Crippen molar-refractivity contribution in [3.63, 3.8) is 0 Å². The topological polar surface area (TPSA) is 80.5 Å². The van der Waals surface area contributed by atoms with Gasteiger partial charge in [0.2, 0.25) is 10.0 Å². The van der Waals surface area contributed by atoms with Crippen LogP contribution in [0, 0.1) is 11.6 Å². The van der Waals surface area contributed by atoms with Gasteiger partial charge in [-0.25, -0.2) is 22.3 Å². The van der Waals surface area contributed by atoms with Crippen molar-refractivity contribution in [2.75, 3.05) is 13.6 Å². The van der Waals surface area contributed by atoms with E-state index in [0.29, 0.717) is 19.0 Å². The average Bonchev–Trinajstić information content (AvgIpc) is 2.32. The molecule has 1 aromatic rings. The summed E-state index contributed by atoms with van der Waals surface area (Å²) in [6, 6.07) is 0.712. The lowest BCUT2D eigenvalue weighted by Crippen LogP contribution is -2.30. The fraction of sp³-hybridized carbons (Fsp3) is 0.417. The summed E-state index contributed by atoms with van der Waals surface area (Å²) in [7, 11) is -3.05. The molecule has 1 rings (SSSR count). The number of nitrogens with zero attached hydrogens (tertiary/aromatic N) is 1. The largest absolute Gasteiger partial charge is 0.342 e. The zero-order valence-corrected chi connectivity index (χ0v) is 13.9. The molecule has 2 N–H and O–H groups in total. The maximum absolute atomic E-state index is 14.2. The molecule has 118 valence electrons. The lowest BCUT2D eigenvalue weighted by molar-refractivity contribution is 0.0783. The number of rotatable bonds is 5. The van der Waals surface area contributed by atoms with Gasteiger partial charge in [-0.3, -0.25) is 4.79 Å². The highest BCUT2D eigenvalue weighted by molar-refractivity contribution is 9.10. The van der Waals surface area contributed by atoms with Gasteiger partial charge in [-0.2, -0.15) is 0 Å². The zero-order chi connectivity index (χ0) is 16.4. The van der Waals surface area contributed by atoms with E-state index in [1.54, 1.807) is 0 Å². The van der Waals surface area contributed by atoms with Gasteiger partial charge >= 0.3 is 0 Å². The number of unbranched alkanes of at least 4 members (excludes halogenated alkanes) is 1. The Balaban J connectivity index is 3.41. The third kappa shape index (κ3) is 3.98. The Morgan fingerprint density at radius 1 is 1.43 bits per heavy atom. The third-order valence-corrected chi connectivity index (χ3v) is 4.68. The number of hydrogen-bond acceptors (Lipinski definition) is 3. The minimum atomic E-state index is -4.44. The summed E-state index contributed by atoms with van der Waals surface area (Å²) in [5.41, 5.74) is -0.930. The highest BCUT2D eigenvalue weighted by atomic mass is 79.9. The maximum Gasteiger partial charge on any atom is 0.259 e. The van der Waals surface area contributed by atoms with Crippen LogP contribution in [0.4, 0.5) is 8.78 Å². The lowest BCUT2D eigenvalue weighted by atomic mass is 10.1. The molecule has 5 nitrogen and oxygen atoms in total. The number of nitrogens with two attached hydrogens (primary N) is 1. The highest BCUT2D eigenvalue weighted by Crippen LogP contribution is 2.29. The second kappa shape index (κ2) is 6.80. The fourth-order valence-corrected chi connectivity index (χ4v) is 3.45. The summed E-state index contributed by atoms with van der Waals surface area (Å²) in [5, 5.41) is 4.89. The molecule has 0 aliphatic heterocycles. The van der Waals surface area contributed by atoms with Gasteiger partial charge in [0.05, 0.1) is 0 Å². The van der Waals surface area contributed by atoms with Crippen LogP contribution < -0.4 is 5.14 Å². The standard InChI is InChI=1S/C12H15BrF2N2O3S/c1-3-4-5-17(2)12(18)9-8(14)6-7(13)11(10(9)15)21(16,19)20/h6H,3-5H2,1-2H3,(H2,16,19,20). The Hall–Kier alpha value is -1.06. The molecule has 0 saturated heterocycles. The summed E-state index contributed by atoms with van der Waals surface area (Å²) in [5.74, 6) is -3.58. The van der Waals surface area contributed by atoms with Crippen LogP contribution in [0.15, 0.2) is 15.4 Å². The Bertz CT molecular complexity index is 665. The van der Waals surface area contributed by atoms with Gasteiger partial charge in [-0.1, -0.05) is 13.3 Å². The first-order chi connectivity index (χ1) is 9.61. The molecule has 1 amide bonds. The average molecular weight is 385 g/mol. The van der Waals surface area contributed by atoms with Gasteiger partial charge in [0.25, 0.3) is 5.91 Å². The van der Waals surface area contributed by atoms with Crippen LogP contribution in [-0.2, 0) is 10.0 Å². The summed E-state index contributed by atoms with van der Waals surface area (Å²) in [6.45, 7) is 2.20. The van der Waals surface area contributed by atoms with Crippen LogP contribution in [0.1, 0.15) is 30.1 Å². The third-order valence-electron chi connectivity index (χ3n) is 2.82. The van der Waals surface area contributed by atoms with E-state index in [1.807, 2.05) is 6.92 Å². The SMILES string of the molecule is CCCCN(C)C(=O)c1c(F)cc(Br)c(S(N)(=O)=O)c1F. The number of hydrogen-bond donors (Lipinski definition) is 1. The van der Waals surface area contributed by atoms with Crippen molar-refractivity contribution in [1.29, 1.82) is 0 Å². The summed E-state index contributed by atoms with van der Waals surface area (Å²) in [6.07, 6.45) is 1.45. The van der Waals surface area contributed by atoms with Gasteiger partial charge < -0.3 is 4.90 Å². The molecule has 0 unspecified atom stereocenters. The van der Waals surface area contributed by atoms with Gasteiger partial charge in [-0.05, 0) is 28.4 Å². The Morgan fingerprint density at radius 3 is 2.48 bits per heavy atom. The van der Waals surface area contributed by atoms with E-state index in [0.717, 1.165) is 11.3 Å². The number of benzene rings is 1. The predicted molar refractivity (Wildman–Crippen MR) is 77.3 cm³/mol. The van der Waals surface area contributed by atoms with Crippen LogP contribution in [0.3, 0.4) is 0 Å². The molecule has 9 heteroatoms. The first-order valence-corrected chi connectivity index (χ1v) is 8.41. The summed E-state index contributed by atoms with van der Waals surface area (Å²) >= 11 is 2.73. The van der Waals surface area contributed by atoms with Crippen molar-refractivity contribution < 1.29 is 22.0 Å². The van der Waals surface area contributed by atoms with Crippen molar-refractivity contribution in [3.8, 4) is 0 Å². The summed E-state index contributed by atoms with van der Waals surface area (Å²) < 4.78 is 50.5. The first-order valence-electron chi connectivity index (χ1n) is 6.07. The number of amides is 1. The molecule has 0 saturated carbocycles. The molecule has 1 aromatic carbocycles. The number of carbonyl (C=O) groups excluding carboxylic acids is 1. The van der Waals surface area contributed by atoms with Crippen LogP contribution in [0.2, 0.25) is 0 Å². The van der Waals surface area contributed by atoms with E-state index < -0.39 is 38.0 Å². The van der Waals surface area contributed by atoms with Crippen LogP contribution in [0.25, 0.3) is 0 Å². The van der Waals surface area contributed by atoms with E-state index in [-0.39, 0.29) is 4.47 Å². The predicted octanol–water partition coefficient (Wildman–Crippen LogP) is 2.25. The molecule has 21 heavy (non-hydrogen) atoms. The number of carbonyl (C=O) groups is 1. The molecule has 0 fully saturated rings. The van der Waals surface area contributed by atoms with E-state index in [4.69, 9.17) is 5.14 Å². The molecule has 0 bridgehead atoms. The summed E-state index contributed by atoms with van der Waals surface area (Å²) in [4.78, 5) is 12.3. The lowest BCUT2D eigenvalue weighted by Gasteiger charge is -2.18. The second-order valence-electron chi connectivity index (χ2n) is 4.48. The number of primary sulfonamides is 1. The maximum atomic E-state index is 14.2. The van der Waals surface area contributed by atoms with Crippen LogP contribution in [-0.4, -0.2) is 32.8 Å². The Morgan fingerprint density at radius 2 is 2.00 bits per heavy atom. The van der Waals surface area contributed by atoms with Gasteiger partial charge in [0.15, 0.2) is 5.82 Å². The van der Waals surface area contributed by atoms with E-state index in [2.05, 4.69) is 15.9 Å². The van der Waals surface area contributed by atoms with Crippen molar-refractivity contribution in [3.05, 3.63) is 27.7 Å². The van der Waals surface area contributed by atoms with Crippen molar-refractivity contribution in [2.24, 2.45) is 5.14 Å². The highest BCUT2D eigenvalue weighted by Gasteiger charge is 2.29.